The molecule has 0 aromatic heterocycles. The van der Waals surface area contributed by atoms with Crippen molar-refractivity contribution in [3.63, 3.8) is 0 Å². The minimum atomic E-state index is -3.70. The molecule has 0 unspecified atom stereocenters. The van der Waals surface area contributed by atoms with Gasteiger partial charge in [-0.3, -0.25) is 0 Å². The van der Waals surface area contributed by atoms with Crippen molar-refractivity contribution in [1.29, 1.82) is 0 Å². The summed E-state index contributed by atoms with van der Waals surface area (Å²) in [5.74, 6) is 0.641. The van der Waals surface area contributed by atoms with Crippen molar-refractivity contribution < 1.29 is 13.2 Å². The van der Waals surface area contributed by atoms with Crippen molar-refractivity contribution in [2.45, 2.75) is 34.3 Å². The molecule has 154 valence electrons. The summed E-state index contributed by atoms with van der Waals surface area (Å²) < 4.78 is 32.9. The number of fused-ring (bicyclic) bond motifs is 2. The molecule has 1 heterocycles. The van der Waals surface area contributed by atoms with Gasteiger partial charge >= 0.3 is 0 Å². The van der Waals surface area contributed by atoms with Crippen molar-refractivity contribution in [1.82, 2.24) is 0 Å². The van der Waals surface area contributed by atoms with E-state index in [9.17, 15) is 8.42 Å². The fraction of sp³-hybridized carbons (Fsp3) is 0.0400. The van der Waals surface area contributed by atoms with Gasteiger partial charge in [-0.2, -0.15) is 0 Å². The quantitative estimate of drug-likeness (QED) is 0.303. The molecule has 1 aliphatic heterocycles. The Morgan fingerprint density at radius 1 is 0.710 bits per heavy atom. The monoisotopic (exact) mass is 463 g/mol. The largest absolute Gasteiger partial charge is 0.497 e. The van der Waals surface area contributed by atoms with Crippen LogP contribution in [0.3, 0.4) is 0 Å². The molecule has 4 aromatic rings. The minimum Gasteiger partial charge on any atom is -0.497 e. The first-order chi connectivity index (χ1) is 15.1. The Kier molecular flexibility index (Phi) is 5.30. The lowest BCUT2D eigenvalue weighted by atomic mass is 10.3. The third kappa shape index (κ3) is 3.55. The van der Waals surface area contributed by atoms with Crippen molar-refractivity contribution >= 4 is 32.5 Å². The van der Waals surface area contributed by atoms with Crippen molar-refractivity contribution in [2.75, 3.05) is 7.11 Å². The van der Waals surface area contributed by atoms with Crippen LogP contribution in [-0.4, -0.2) is 15.5 Å². The third-order valence-corrected chi connectivity index (χ3v) is 10.8. The lowest BCUT2D eigenvalue weighted by Gasteiger charge is -2.20. The summed E-state index contributed by atoms with van der Waals surface area (Å²) in [5, 5.41) is 0. The fourth-order valence-corrected chi connectivity index (χ4v) is 9.32. The molecular formula is C25H19O3S3+. The van der Waals surface area contributed by atoms with Gasteiger partial charge in [0, 0.05) is 6.07 Å². The van der Waals surface area contributed by atoms with Crippen LogP contribution in [0, 0.1) is 0 Å². The zero-order valence-corrected chi connectivity index (χ0v) is 19.1. The molecule has 0 bridgehead atoms. The van der Waals surface area contributed by atoms with Crippen molar-refractivity contribution in [2.24, 2.45) is 0 Å². The van der Waals surface area contributed by atoms with Crippen LogP contribution in [0.2, 0.25) is 0 Å². The lowest BCUT2D eigenvalue weighted by Crippen LogP contribution is -2.15. The van der Waals surface area contributed by atoms with Crippen LogP contribution in [0.5, 0.6) is 5.75 Å². The molecule has 31 heavy (non-hydrogen) atoms. The topological polar surface area (TPSA) is 43.4 Å². The zero-order chi connectivity index (χ0) is 21.4. The molecule has 0 radical (unpaired) electrons. The molecule has 0 atom stereocenters. The summed E-state index contributed by atoms with van der Waals surface area (Å²) in [4.78, 5) is 5.92. The molecule has 1 aliphatic rings. The van der Waals surface area contributed by atoms with Crippen LogP contribution < -0.4 is 4.74 Å². The van der Waals surface area contributed by atoms with E-state index in [0.717, 1.165) is 24.5 Å². The van der Waals surface area contributed by atoms with E-state index in [1.165, 1.54) is 0 Å². The van der Waals surface area contributed by atoms with Gasteiger partial charge in [0.05, 0.1) is 21.8 Å². The van der Waals surface area contributed by atoms with E-state index >= 15 is 0 Å². The van der Waals surface area contributed by atoms with Crippen LogP contribution in [0.15, 0.2) is 131 Å². The Labute approximate surface area is 189 Å². The second kappa shape index (κ2) is 8.11. The molecule has 0 spiro atoms. The molecule has 0 fully saturated rings. The third-order valence-electron chi connectivity index (χ3n) is 5.07. The fourth-order valence-electron chi connectivity index (χ4n) is 3.60. The Morgan fingerprint density at radius 2 is 1.29 bits per heavy atom. The molecule has 6 heteroatoms. The molecule has 4 aromatic carbocycles. The maximum atomic E-state index is 13.7. The number of methoxy groups -OCH3 is 1. The molecule has 0 saturated carbocycles. The van der Waals surface area contributed by atoms with Gasteiger partial charge in [-0.1, -0.05) is 54.2 Å². The highest BCUT2D eigenvalue weighted by Crippen LogP contribution is 2.50. The number of ether oxygens (including phenoxy) is 1. The highest BCUT2D eigenvalue weighted by atomic mass is 32.2. The van der Waals surface area contributed by atoms with Gasteiger partial charge < -0.3 is 4.74 Å². The predicted molar refractivity (Wildman–Crippen MR) is 124 cm³/mol. The maximum absolute atomic E-state index is 13.7. The summed E-state index contributed by atoms with van der Waals surface area (Å²) in [5.41, 5.74) is 0. The SMILES string of the molecule is COc1ccc(S(=O)(=O)c2ccccc2)c([S+]2c3ccccc3Sc3ccccc32)c1. The smallest absolute Gasteiger partial charge is 0.211 e. The average Bonchev–Trinajstić information content (AvgIpc) is 2.82. The van der Waals surface area contributed by atoms with E-state index in [2.05, 4.69) is 24.3 Å². The number of benzene rings is 4. The van der Waals surface area contributed by atoms with Crippen molar-refractivity contribution in [3.8, 4) is 5.75 Å². The normalized spacial score (nSPS) is 13.3. The highest BCUT2D eigenvalue weighted by molar-refractivity contribution is 8.04. The number of hydrogen-bond acceptors (Lipinski definition) is 4. The molecule has 0 amide bonds. The van der Waals surface area contributed by atoms with E-state index in [4.69, 9.17) is 4.74 Å². The lowest BCUT2D eigenvalue weighted by molar-refractivity contribution is 0.413. The number of sulfone groups is 1. The minimum absolute atomic E-state index is 0.290. The van der Waals surface area contributed by atoms with Crippen LogP contribution in [0.1, 0.15) is 0 Å². The first kappa shape index (κ1) is 20.2. The molecular weight excluding hydrogens is 444 g/mol. The Bertz CT molecular complexity index is 1320. The second-order valence-electron chi connectivity index (χ2n) is 6.93. The van der Waals surface area contributed by atoms with Gasteiger partial charge in [0.25, 0.3) is 0 Å². The zero-order valence-electron chi connectivity index (χ0n) is 16.7. The molecule has 0 N–H and O–H groups in total. The predicted octanol–water partition coefficient (Wildman–Crippen LogP) is 6.09. The van der Waals surface area contributed by atoms with E-state index < -0.39 is 20.7 Å². The molecule has 3 nitrogen and oxygen atoms in total. The standard InChI is InChI=1S/C25H19O3S3/c1-28-18-15-16-25(31(26,27)19-9-3-2-4-10-19)24(17-18)30-22-13-7-5-11-20(22)29-21-12-6-8-14-23(21)30/h2-17H,1H3/q+1. The molecule has 5 rings (SSSR count). The Morgan fingerprint density at radius 3 is 1.90 bits per heavy atom. The first-order valence-corrected chi connectivity index (χ1v) is 13.2. The number of hydrogen-bond donors (Lipinski definition) is 0. The molecule has 0 saturated heterocycles. The van der Waals surface area contributed by atoms with Crippen molar-refractivity contribution in [3.05, 3.63) is 97.1 Å². The highest BCUT2D eigenvalue weighted by Gasteiger charge is 2.42. The second-order valence-corrected chi connectivity index (χ2v) is 11.9. The summed E-state index contributed by atoms with van der Waals surface area (Å²) in [7, 11) is -2.68. The van der Waals surface area contributed by atoms with Crippen LogP contribution in [0.4, 0.5) is 0 Å². The summed E-state index contributed by atoms with van der Waals surface area (Å²) >= 11 is 1.73. The molecule has 0 aliphatic carbocycles. The first-order valence-electron chi connectivity index (χ1n) is 9.68. The summed E-state index contributed by atoms with van der Waals surface area (Å²) in [6.07, 6.45) is 0. The number of rotatable bonds is 4. The summed E-state index contributed by atoms with van der Waals surface area (Å²) in [6.45, 7) is 0. The van der Waals surface area contributed by atoms with Gasteiger partial charge in [-0.25, -0.2) is 8.42 Å². The maximum Gasteiger partial charge on any atom is 0.211 e. The van der Waals surface area contributed by atoms with E-state index in [-0.39, 0.29) is 4.90 Å². The Balaban J connectivity index is 1.81. The van der Waals surface area contributed by atoms with E-state index in [1.807, 2.05) is 36.4 Å². The van der Waals surface area contributed by atoms with Gasteiger partial charge in [0.1, 0.15) is 21.5 Å². The summed E-state index contributed by atoms with van der Waals surface area (Å²) in [6, 6.07) is 30.3. The van der Waals surface area contributed by atoms with Gasteiger partial charge in [0.2, 0.25) is 9.84 Å². The van der Waals surface area contributed by atoms with Gasteiger partial charge in [-0.15, -0.1) is 0 Å². The van der Waals surface area contributed by atoms with Crippen LogP contribution >= 0.6 is 11.8 Å². The van der Waals surface area contributed by atoms with E-state index in [0.29, 0.717) is 10.6 Å². The van der Waals surface area contributed by atoms with E-state index in [1.54, 1.807) is 55.3 Å². The van der Waals surface area contributed by atoms with Gasteiger partial charge in [0.15, 0.2) is 14.7 Å². The van der Waals surface area contributed by atoms with Gasteiger partial charge in [-0.05, 0) is 48.5 Å². The van der Waals surface area contributed by atoms with Crippen LogP contribution in [-0.2, 0) is 20.7 Å². The Hall–Kier alpha value is -2.67. The average molecular weight is 464 g/mol. The van der Waals surface area contributed by atoms with Crippen LogP contribution in [0.25, 0.3) is 0 Å².